The maximum atomic E-state index is 6.19. The van der Waals surface area contributed by atoms with Crippen molar-refractivity contribution in [2.45, 2.75) is 6.42 Å². The number of para-hydroxylation sites is 1. The Labute approximate surface area is 257 Å². The molecule has 4 heteroatoms. The third kappa shape index (κ3) is 3.78. The molecule has 0 spiro atoms. The number of furan rings is 1. The molecule has 0 aliphatic heterocycles. The molecule has 9 aromatic rings. The van der Waals surface area contributed by atoms with E-state index in [2.05, 4.69) is 126 Å². The molecular formula is C37H21IOS2. The van der Waals surface area contributed by atoms with Crippen LogP contribution in [0.3, 0.4) is 0 Å². The van der Waals surface area contributed by atoms with Gasteiger partial charge in [-0.05, 0) is 87.7 Å². The van der Waals surface area contributed by atoms with Gasteiger partial charge in [0, 0.05) is 54.7 Å². The highest BCUT2D eigenvalue weighted by Gasteiger charge is 2.15. The molecule has 0 saturated heterocycles. The van der Waals surface area contributed by atoms with Gasteiger partial charge in [0.25, 0.3) is 0 Å². The summed E-state index contributed by atoms with van der Waals surface area (Å²) < 4.78 is 12.9. The van der Waals surface area contributed by atoms with E-state index in [4.69, 9.17) is 4.42 Å². The highest BCUT2D eigenvalue weighted by Crippen LogP contribution is 2.42. The summed E-state index contributed by atoms with van der Waals surface area (Å²) in [5.74, 6) is 0. The molecule has 0 bridgehead atoms. The van der Waals surface area contributed by atoms with Gasteiger partial charge in [-0.3, -0.25) is 0 Å². The molecule has 3 aromatic heterocycles. The van der Waals surface area contributed by atoms with Crippen molar-refractivity contribution in [3.8, 4) is 11.1 Å². The summed E-state index contributed by atoms with van der Waals surface area (Å²) >= 11 is 6.33. The summed E-state index contributed by atoms with van der Waals surface area (Å²) in [5.41, 5.74) is 7.04. The number of benzene rings is 6. The standard InChI is InChI=1S/C37H21IOS2/c38-36-24(23-11-14-26-25-5-1-3-7-31(25)39-32(26)20-23)15-16-30-29-13-10-22(19-35(29)41-37(30)36)17-21-9-12-28-27-6-2-4-8-33(27)40-34(28)18-21/h1-16,18-20H,17H2. The van der Waals surface area contributed by atoms with Gasteiger partial charge in [-0.2, -0.15) is 0 Å². The Morgan fingerprint density at radius 3 is 2.00 bits per heavy atom. The van der Waals surface area contributed by atoms with Crippen LogP contribution in [0.5, 0.6) is 0 Å². The topological polar surface area (TPSA) is 13.1 Å². The second kappa shape index (κ2) is 9.15. The number of rotatable bonds is 3. The van der Waals surface area contributed by atoms with Crippen LogP contribution in [0, 0.1) is 3.57 Å². The summed E-state index contributed by atoms with van der Waals surface area (Å²) in [4.78, 5) is 0. The fraction of sp³-hybridized carbons (Fsp3) is 0.0270. The first kappa shape index (κ1) is 23.9. The van der Waals surface area contributed by atoms with Crippen molar-refractivity contribution in [3.05, 3.63) is 130 Å². The zero-order chi connectivity index (χ0) is 27.1. The van der Waals surface area contributed by atoms with E-state index in [1.54, 1.807) is 0 Å². The van der Waals surface area contributed by atoms with E-state index in [1.165, 1.54) is 76.9 Å². The molecule has 0 amide bonds. The van der Waals surface area contributed by atoms with Crippen molar-refractivity contribution in [2.75, 3.05) is 0 Å². The van der Waals surface area contributed by atoms with Crippen molar-refractivity contribution in [1.82, 2.24) is 0 Å². The Morgan fingerprint density at radius 2 is 1.15 bits per heavy atom. The lowest BCUT2D eigenvalue weighted by Crippen LogP contribution is -1.87. The predicted molar refractivity (Wildman–Crippen MR) is 187 cm³/mol. The summed E-state index contributed by atoms with van der Waals surface area (Å²) in [6.45, 7) is 0. The van der Waals surface area contributed by atoms with Crippen molar-refractivity contribution in [3.63, 3.8) is 0 Å². The summed E-state index contributed by atoms with van der Waals surface area (Å²) in [6.07, 6.45) is 0.939. The third-order valence-corrected chi connectivity index (χ3v) is 12.0. The average molecular weight is 673 g/mol. The van der Waals surface area contributed by atoms with Crippen molar-refractivity contribution < 1.29 is 4.42 Å². The number of hydrogen-bond acceptors (Lipinski definition) is 3. The molecule has 9 rings (SSSR count). The van der Waals surface area contributed by atoms with E-state index in [0.717, 1.165) is 17.6 Å². The molecule has 1 nitrogen and oxygen atoms in total. The molecule has 6 aromatic carbocycles. The highest BCUT2D eigenvalue weighted by molar-refractivity contribution is 14.1. The highest BCUT2D eigenvalue weighted by atomic mass is 127. The number of halogens is 1. The molecule has 3 heterocycles. The molecule has 0 aliphatic rings. The van der Waals surface area contributed by atoms with Crippen LogP contribution in [-0.4, -0.2) is 0 Å². The largest absolute Gasteiger partial charge is 0.456 e. The first-order chi connectivity index (χ1) is 20.2. The lowest BCUT2D eigenvalue weighted by molar-refractivity contribution is 0.669. The monoisotopic (exact) mass is 672 g/mol. The molecule has 41 heavy (non-hydrogen) atoms. The Morgan fingerprint density at radius 1 is 0.512 bits per heavy atom. The lowest BCUT2D eigenvalue weighted by Gasteiger charge is -2.06. The van der Waals surface area contributed by atoms with Gasteiger partial charge < -0.3 is 4.42 Å². The van der Waals surface area contributed by atoms with Gasteiger partial charge in [-0.15, -0.1) is 22.7 Å². The number of thiophene rings is 2. The molecule has 0 saturated carbocycles. The Bertz CT molecular complexity index is 2480. The van der Waals surface area contributed by atoms with Crippen molar-refractivity contribution >= 4 is 108 Å². The SMILES string of the molecule is Ic1c(-c2ccc3c(c2)oc2ccccc23)ccc2c1sc1cc(Cc3ccc4c(c3)sc3ccccc34)ccc12. The van der Waals surface area contributed by atoms with Gasteiger partial charge in [0.2, 0.25) is 0 Å². The van der Waals surface area contributed by atoms with Crippen LogP contribution in [0.1, 0.15) is 11.1 Å². The normalized spacial score (nSPS) is 12.1. The quantitative estimate of drug-likeness (QED) is 0.170. The zero-order valence-electron chi connectivity index (χ0n) is 21.8. The van der Waals surface area contributed by atoms with E-state index >= 15 is 0 Å². The van der Waals surface area contributed by atoms with Crippen molar-refractivity contribution in [2.24, 2.45) is 0 Å². The van der Waals surface area contributed by atoms with E-state index < -0.39 is 0 Å². The van der Waals surface area contributed by atoms with Gasteiger partial charge in [0.05, 0.1) is 0 Å². The fourth-order valence-corrected chi connectivity index (χ4v) is 9.68. The first-order valence-corrected chi connectivity index (χ1v) is 16.4. The molecule has 0 unspecified atom stereocenters. The van der Waals surface area contributed by atoms with E-state index in [1.807, 2.05) is 34.8 Å². The maximum absolute atomic E-state index is 6.19. The van der Waals surface area contributed by atoms with Gasteiger partial charge in [-0.1, -0.05) is 78.9 Å². The first-order valence-electron chi connectivity index (χ1n) is 13.7. The van der Waals surface area contributed by atoms with Gasteiger partial charge in [-0.25, -0.2) is 0 Å². The van der Waals surface area contributed by atoms with Crippen LogP contribution >= 0.6 is 45.3 Å². The molecule has 0 radical (unpaired) electrons. The van der Waals surface area contributed by atoms with Crippen LogP contribution in [0.15, 0.2) is 120 Å². The van der Waals surface area contributed by atoms with Crippen LogP contribution in [0.25, 0.3) is 73.4 Å². The Balaban J connectivity index is 1.10. The molecule has 0 fully saturated rings. The second-order valence-electron chi connectivity index (χ2n) is 10.7. The van der Waals surface area contributed by atoms with Crippen LogP contribution in [0.4, 0.5) is 0 Å². The summed E-state index contributed by atoms with van der Waals surface area (Å²) in [5, 5.41) is 7.73. The molecule has 0 atom stereocenters. The Hall–Kier alpha value is -3.71. The van der Waals surface area contributed by atoms with Crippen LogP contribution in [-0.2, 0) is 6.42 Å². The maximum Gasteiger partial charge on any atom is 0.136 e. The minimum absolute atomic E-state index is 0.939. The molecular weight excluding hydrogens is 651 g/mol. The minimum atomic E-state index is 0.939. The van der Waals surface area contributed by atoms with Gasteiger partial charge in [0.15, 0.2) is 0 Å². The van der Waals surface area contributed by atoms with E-state index in [0.29, 0.717) is 0 Å². The fourth-order valence-electron chi connectivity index (χ4n) is 6.19. The molecule has 194 valence electrons. The summed E-state index contributed by atoms with van der Waals surface area (Å²) in [6, 6.07) is 42.2. The zero-order valence-corrected chi connectivity index (χ0v) is 25.6. The van der Waals surface area contributed by atoms with Crippen LogP contribution < -0.4 is 0 Å². The molecule has 0 N–H and O–H groups in total. The summed E-state index contributed by atoms with van der Waals surface area (Å²) in [7, 11) is 0. The number of fused-ring (bicyclic) bond motifs is 9. The predicted octanol–water partition coefficient (Wildman–Crippen LogP) is 12.2. The lowest BCUT2D eigenvalue weighted by atomic mass is 10.0. The smallest absolute Gasteiger partial charge is 0.136 e. The van der Waals surface area contributed by atoms with E-state index in [9.17, 15) is 0 Å². The van der Waals surface area contributed by atoms with E-state index in [-0.39, 0.29) is 0 Å². The minimum Gasteiger partial charge on any atom is -0.456 e. The van der Waals surface area contributed by atoms with Gasteiger partial charge in [0.1, 0.15) is 11.2 Å². The van der Waals surface area contributed by atoms with Gasteiger partial charge >= 0.3 is 0 Å². The third-order valence-electron chi connectivity index (χ3n) is 8.19. The van der Waals surface area contributed by atoms with Crippen LogP contribution in [0.2, 0.25) is 0 Å². The van der Waals surface area contributed by atoms with Crippen molar-refractivity contribution in [1.29, 1.82) is 0 Å². The molecule has 0 aliphatic carbocycles. The average Bonchev–Trinajstić information content (AvgIpc) is 3.68. The Kier molecular flexibility index (Phi) is 5.34. The number of hydrogen-bond donors (Lipinski definition) is 0. The second-order valence-corrected chi connectivity index (χ2v) is 13.9.